The number of imidazole rings is 1. The topological polar surface area (TPSA) is 108 Å². The average molecular weight is 404 g/mol. The number of ether oxygens (including phenoxy) is 1. The molecule has 0 aliphatic rings. The van der Waals surface area contributed by atoms with Crippen LogP contribution in [0.2, 0.25) is 0 Å². The summed E-state index contributed by atoms with van der Waals surface area (Å²) in [4.78, 5) is 25.7. The Kier molecular flexibility index (Phi) is 5.25. The molecular formula is C21H20N6O3. The first-order chi connectivity index (χ1) is 14.5. The normalized spacial score (nSPS) is 10.9. The maximum atomic E-state index is 12.6. The average Bonchev–Trinajstić information content (AvgIpc) is 3.44. The van der Waals surface area contributed by atoms with Crippen molar-refractivity contribution in [2.24, 2.45) is 0 Å². The molecular weight excluding hydrogens is 384 g/mol. The Balaban J connectivity index is 1.60. The molecule has 4 aromatic rings. The molecule has 3 heterocycles. The second-order valence-corrected chi connectivity index (χ2v) is 6.84. The molecule has 0 saturated carbocycles. The number of methoxy groups -OCH3 is 1. The molecule has 4 rings (SSSR count). The van der Waals surface area contributed by atoms with Crippen molar-refractivity contribution in [3.8, 4) is 23.0 Å². The van der Waals surface area contributed by atoms with Gasteiger partial charge < -0.3 is 14.6 Å². The number of aromatic nitrogens is 5. The minimum atomic E-state index is -0.348. The predicted octanol–water partition coefficient (Wildman–Crippen LogP) is 3.70. The zero-order chi connectivity index (χ0) is 21.1. The Labute approximate surface area is 172 Å². The second-order valence-electron chi connectivity index (χ2n) is 6.84. The summed E-state index contributed by atoms with van der Waals surface area (Å²) in [6, 6.07) is 10.7. The predicted molar refractivity (Wildman–Crippen MR) is 110 cm³/mol. The van der Waals surface area contributed by atoms with Crippen molar-refractivity contribution in [1.82, 2.24) is 24.7 Å². The lowest BCUT2D eigenvalue weighted by molar-refractivity contribution is 0.102. The summed E-state index contributed by atoms with van der Waals surface area (Å²) in [6.45, 7) is 3.98. The molecule has 3 aromatic heterocycles. The van der Waals surface area contributed by atoms with Crippen molar-refractivity contribution in [1.29, 1.82) is 0 Å². The van der Waals surface area contributed by atoms with Crippen molar-refractivity contribution < 1.29 is 14.1 Å². The number of nitrogens with zero attached hydrogens (tertiary/aromatic N) is 5. The van der Waals surface area contributed by atoms with Crippen LogP contribution in [0.3, 0.4) is 0 Å². The number of nitrogens with one attached hydrogen (secondary N) is 1. The highest BCUT2D eigenvalue weighted by atomic mass is 16.5. The van der Waals surface area contributed by atoms with Crippen molar-refractivity contribution in [3.63, 3.8) is 0 Å². The molecule has 0 atom stereocenters. The lowest BCUT2D eigenvalue weighted by Gasteiger charge is -2.06. The van der Waals surface area contributed by atoms with E-state index < -0.39 is 0 Å². The highest BCUT2D eigenvalue weighted by Gasteiger charge is 2.18. The molecule has 0 bridgehead atoms. The molecule has 0 fully saturated rings. The van der Waals surface area contributed by atoms with Gasteiger partial charge in [-0.25, -0.2) is 9.97 Å². The van der Waals surface area contributed by atoms with Gasteiger partial charge >= 0.3 is 0 Å². The van der Waals surface area contributed by atoms with Gasteiger partial charge in [-0.1, -0.05) is 25.1 Å². The smallest absolute Gasteiger partial charge is 0.275 e. The van der Waals surface area contributed by atoms with Crippen molar-refractivity contribution in [3.05, 3.63) is 66.6 Å². The van der Waals surface area contributed by atoms with E-state index >= 15 is 0 Å². The Bertz CT molecular complexity index is 1180. The molecule has 152 valence electrons. The van der Waals surface area contributed by atoms with E-state index in [1.165, 1.54) is 6.33 Å². The number of hydrogen-bond acceptors (Lipinski definition) is 7. The maximum absolute atomic E-state index is 12.6. The Morgan fingerprint density at radius 2 is 2.07 bits per heavy atom. The van der Waals surface area contributed by atoms with Crippen LogP contribution in [-0.2, 0) is 0 Å². The van der Waals surface area contributed by atoms with Crippen molar-refractivity contribution in [2.45, 2.75) is 19.8 Å². The van der Waals surface area contributed by atoms with Crippen LogP contribution in [0.5, 0.6) is 5.75 Å². The molecule has 1 aromatic carbocycles. The van der Waals surface area contributed by atoms with Gasteiger partial charge in [0.2, 0.25) is 0 Å². The lowest BCUT2D eigenvalue weighted by atomic mass is 10.2. The molecule has 0 radical (unpaired) electrons. The first-order valence-electron chi connectivity index (χ1n) is 9.34. The summed E-state index contributed by atoms with van der Waals surface area (Å²) in [5.41, 5.74) is 1.50. The summed E-state index contributed by atoms with van der Waals surface area (Å²) in [5.74, 6) is 1.95. The third-order valence-electron chi connectivity index (χ3n) is 4.36. The summed E-state index contributed by atoms with van der Waals surface area (Å²) in [5, 5.41) is 6.81. The number of carbonyl (C=O) groups is 1. The van der Waals surface area contributed by atoms with E-state index in [2.05, 4.69) is 25.4 Å². The minimum absolute atomic E-state index is 0.141. The molecule has 1 N–H and O–H groups in total. The van der Waals surface area contributed by atoms with Crippen LogP contribution in [0.15, 0.2) is 59.6 Å². The fraction of sp³-hybridized carbons (Fsp3) is 0.190. The largest absolute Gasteiger partial charge is 0.497 e. The second kappa shape index (κ2) is 8.16. The molecule has 9 heteroatoms. The molecule has 30 heavy (non-hydrogen) atoms. The maximum Gasteiger partial charge on any atom is 0.275 e. The lowest BCUT2D eigenvalue weighted by Crippen LogP contribution is -2.12. The minimum Gasteiger partial charge on any atom is -0.497 e. The number of pyridine rings is 1. The van der Waals surface area contributed by atoms with Gasteiger partial charge in [-0.15, -0.1) is 0 Å². The number of hydrogen-bond donors (Lipinski definition) is 1. The van der Waals surface area contributed by atoms with Crippen LogP contribution >= 0.6 is 0 Å². The van der Waals surface area contributed by atoms with Crippen LogP contribution in [0.1, 0.15) is 36.1 Å². The van der Waals surface area contributed by atoms with Crippen LogP contribution in [0.25, 0.3) is 17.3 Å². The SMILES string of the molecule is COc1cccc(NC(=O)c2cn(-c3ncccc3-c3nc(C(C)C)no3)cn2)c1. The fourth-order valence-electron chi connectivity index (χ4n) is 2.80. The molecule has 0 aliphatic carbocycles. The fourth-order valence-corrected chi connectivity index (χ4v) is 2.80. The summed E-state index contributed by atoms with van der Waals surface area (Å²) in [7, 11) is 1.57. The van der Waals surface area contributed by atoms with Gasteiger partial charge in [-0.3, -0.25) is 9.36 Å². The van der Waals surface area contributed by atoms with Crippen LogP contribution in [-0.4, -0.2) is 37.7 Å². The van der Waals surface area contributed by atoms with E-state index in [9.17, 15) is 4.79 Å². The standard InChI is InChI=1S/C21H20N6O3/c1-13(2)18-25-21(30-26-18)16-8-5-9-22-19(16)27-11-17(23-12-27)20(28)24-14-6-4-7-15(10-14)29-3/h4-13H,1-3H3,(H,24,28). The zero-order valence-electron chi connectivity index (χ0n) is 16.7. The van der Waals surface area contributed by atoms with Gasteiger partial charge in [0, 0.05) is 30.1 Å². The summed E-state index contributed by atoms with van der Waals surface area (Å²) < 4.78 is 12.2. The molecule has 9 nitrogen and oxygen atoms in total. The molecule has 0 spiro atoms. The first-order valence-corrected chi connectivity index (χ1v) is 9.34. The Morgan fingerprint density at radius 1 is 1.20 bits per heavy atom. The van der Waals surface area contributed by atoms with Gasteiger partial charge in [-0.2, -0.15) is 4.98 Å². The van der Waals surface area contributed by atoms with Gasteiger partial charge in [0.05, 0.1) is 12.7 Å². The van der Waals surface area contributed by atoms with E-state index in [4.69, 9.17) is 9.26 Å². The van der Waals surface area contributed by atoms with Gasteiger partial charge in [-0.05, 0) is 24.3 Å². The number of carbonyl (C=O) groups excluding carboxylic acids is 1. The highest BCUT2D eigenvalue weighted by molar-refractivity contribution is 6.02. The quantitative estimate of drug-likeness (QED) is 0.522. The van der Waals surface area contributed by atoms with Crippen LogP contribution in [0.4, 0.5) is 5.69 Å². The van der Waals surface area contributed by atoms with E-state index in [1.807, 2.05) is 19.9 Å². The number of amides is 1. The highest BCUT2D eigenvalue weighted by Crippen LogP contribution is 2.25. The number of anilines is 1. The van der Waals surface area contributed by atoms with Crippen LogP contribution in [0, 0.1) is 0 Å². The first kappa shape index (κ1) is 19.3. The molecule has 1 amide bonds. The third-order valence-corrected chi connectivity index (χ3v) is 4.36. The molecule has 0 aliphatic heterocycles. The molecule has 0 unspecified atom stereocenters. The van der Waals surface area contributed by atoms with Crippen molar-refractivity contribution >= 4 is 11.6 Å². The van der Waals surface area contributed by atoms with Gasteiger partial charge in [0.25, 0.3) is 11.8 Å². The summed E-state index contributed by atoms with van der Waals surface area (Å²) in [6.07, 6.45) is 4.77. The van der Waals surface area contributed by atoms with E-state index in [0.29, 0.717) is 34.5 Å². The Hall–Kier alpha value is -4.01. The monoisotopic (exact) mass is 404 g/mol. The zero-order valence-corrected chi connectivity index (χ0v) is 16.7. The van der Waals surface area contributed by atoms with Crippen LogP contribution < -0.4 is 10.1 Å². The molecule has 0 saturated heterocycles. The van der Waals surface area contributed by atoms with Crippen molar-refractivity contribution in [2.75, 3.05) is 12.4 Å². The van der Waals surface area contributed by atoms with E-state index in [1.54, 1.807) is 54.4 Å². The Morgan fingerprint density at radius 3 is 2.83 bits per heavy atom. The van der Waals surface area contributed by atoms with E-state index in [-0.39, 0.29) is 17.5 Å². The number of benzene rings is 1. The van der Waals surface area contributed by atoms with E-state index in [0.717, 1.165) is 0 Å². The number of rotatable bonds is 6. The van der Waals surface area contributed by atoms with Gasteiger partial charge in [0.1, 0.15) is 17.8 Å². The third kappa shape index (κ3) is 3.90. The summed E-state index contributed by atoms with van der Waals surface area (Å²) >= 11 is 0. The van der Waals surface area contributed by atoms with Gasteiger partial charge in [0.15, 0.2) is 11.6 Å².